The predicted molar refractivity (Wildman–Crippen MR) is 58.4 cm³/mol. The van der Waals surface area contributed by atoms with Gasteiger partial charge < -0.3 is 10.1 Å². The number of nitrogens with one attached hydrogen (secondary N) is 1. The van der Waals surface area contributed by atoms with Gasteiger partial charge in [-0.25, -0.2) is 0 Å². The van der Waals surface area contributed by atoms with Crippen LogP contribution in [0.1, 0.15) is 32.6 Å². The summed E-state index contributed by atoms with van der Waals surface area (Å²) in [5.74, 6) is 1.30. The number of hydrogen-bond acceptors (Lipinski definition) is 3. The number of carbonyl (C=O) groups is 2. The number of rotatable bonds is 5. The molecule has 4 heteroatoms. The number of amides is 1. The molecule has 0 saturated carbocycles. The number of hydrogen-bond donors (Lipinski definition) is 1. The third-order valence-electron chi connectivity index (χ3n) is 2.26. The maximum atomic E-state index is 11.2. The lowest BCUT2D eigenvalue weighted by molar-refractivity contribution is -0.124. The van der Waals surface area contributed by atoms with Gasteiger partial charge in [0.2, 0.25) is 5.91 Å². The van der Waals surface area contributed by atoms with E-state index in [4.69, 9.17) is 0 Å². The summed E-state index contributed by atoms with van der Waals surface area (Å²) in [7, 11) is 0. The summed E-state index contributed by atoms with van der Waals surface area (Å²) in [6, 6.07) is 0. The Morgan fingerprint density at radius 2 is 2.21 bits per heavy atom. The molecule has 1 N–H and O–H groups in total. The zero-order chi connectivity index (χ0) is 10.4. The van der Waals surface area contributed by atoms with Crippen LogP contribution in [0.25, 0.3) is 0 Å². The summed E-state index contributed by atoms with van der Waals surface area (Å²) in [5.41, 5.74) is 0. The summed E-state index contributed by atoms with van der Waals surface area (Å²) in [4.78, 5) is 21.9. The first-order valence-electron chi connectivity index (χ1n) is 5.06. The van der Waals surface area contributed by atoms with E-state index in [1.165, 1.54) is 25.5 Å². The van der Waals surface area contributed by atoms with Crippen molar-refractivity contribution in [3.8, 4) is 0 Å². The molecule has 0 aromatic rings. The number of carbonyl (C=O) groups excluding carboxylic acids is 2. The van der Waals surface area contributed by atoms with Crippen LogP contribution in [0, 0.1) is 0 Å². The Balaban J connectivity index is 2.05. The molecule has 0 aromatic carbocycles. The Bertz CT molecular complexity index is 212. The molecule has 1 saturated heterocycles. The molecule has 1 atom stereocenters. The summed E-state index contributed by atoms with van der Waals surface area (Å²) in [6.07, 6.45) is 3.17. The standard InChI is InChI=1S/C10H17NO2S/c1-8(12)4-5-10(13)11-7-9-3-2-6-14-9/h9H,2-7H2,1H3,(H,11,13). The van der Waals surface area contributed by atoms with E-state index >= 15 is 0 Å². The second-order valence-corrected chi connectivity index (χ2v) is 5.05. The summed E-state index contributed by atoms with van der Waals surface area (Å²) < 4.78 is 0. The van der Waals surface area contributed by atoms with Crippen LogP contribution in [-0.4, -0.2) is 29.2 Å². The maximum Gasteiger partial charge on any atom is 0.220 e. The third-order valence-corrected chi connectivity index (χ3v) is 3.65. The van der Waals surface area contributed by atoms with Crippen molar-refractivity contribution in [1.29, 1.82) is 0 Å². The van der Waals surface area contributed by atoms with Crippen LogP contribution < -0.4 is 5.32 Å². The lowest BCUT2D eigenvalue weighted by atomic mass is 10.2. The number of Topliss-reactive ketones (excluding diaryl/α,β-unsaturated/α-hetero) is 1. The van der Waals surface area contributed by atoms with E-state index in [2.05, 4.69) is 5.32 Å². The Hall–Kier alpha value is -0.510. The molecule has 1 aliphatic heterocycles. The first kappa shape index (κ1) is 11.6. The van der Waals surface area contributed by atoms with Crippen LogP contribution in [0.2, 0.25) is 0 Å². The Labute approximate surface area is 89.0 Å². The topological polar surface area (TPSA) is 46.2 Å². The second-order valence-electron chi connectivity index (χ2n) is 3.64. The minimum atomic E-state index is 0.00713. The van der Waals surface area contributed by atoms with Crippen LogP contribution in [0.4, 0.5) is 0 Å². The summed E-state index contributed by atoms with van der Waals surface area (Å²) in [5, 5.41) is 3.46. The van der Waals surface area contributed by atoms with E-state index in [9.17, 15) is 9.59 Å². The zero-order valence-corrected chi connectivity index (χ0v) is 9.36. The van der Waals surface area contributed by atoms with Gasteiger partial charge in [0.1, 0.15) is 5.78 Å². The van der Waals surface area contributed by atoms with Crippen molar-refractivity contribution >= 4 is 23.5 Å². The van der Waals surface area contributed by atoms with Gasteiger partial charge in [-0.3, -0.25) is 4.79 Å². The molecule has 1 amide bonds. The van der Waals surface area contributed by atoms with Gasteiger partial charge in [0.15, 0.2) is 0 Å². The van der Waals surface area contributed by atoms with Crippen molar-refractivity contribution in [2.45, 2.75) is 37.9 Å². The first-order chi connectivity index (χ1) is 6.68. The molecule has 0 bridgehead atoms. The fraction of sp³-hybridized carbons (Fsp3) is 0.800. The molecule has 3 nitrogen and oxygen atoms in total. The predicted octanol–water partition coefficient (Wildman–Crippen LogP) is 1.37. The number of thioether (sulfide) groups is 1. The Morgan fingerprint density at radius 3 is 2.79 bits per heavy atom. The molecule has 0 spiro atoms. The van der Waals surface area contributed by atoms with Crippen LogP contribution >= 0.6 is 11.8 Å². The summed E-state index contributed by atoms with van der Waals surface area (Å²) in [6.45, 7) is 2.28. The quantitative estimate of drug-likeness (QED) is 0.753. The normalized spacial score (nSPS) is 20.8. The van der Waals surface area contributed by atoms with E-state index in [0.717, 1.165) is 6.54 Å². The van der Waals surface area contributed by atoms with Crippen molar-refractivity contribution < 1.29 is 9.59 Å². The minimum Gasteiger partial charge on any atom is -0.355 e. The highest BCUT2D eigenvalue weighted by Crippen LogP contribution is 2.25. The van der Waals surface area contributed by atoms with Crippen LogP contribution in [-0.2, 0) is 9.59 Å². The van der Waals surface area contributed by atoms with Gasteiger partial charge in [-0.15, -0.1) is 0 Å². The van der Waals surface area contributed by atoms with E-state index in [1.54, 1.807) is 0 Å². The van der Waals surface area contributed by atoms with Crippen LogP contribution in [0.3, 0.4) is 0 Å². The lowest BCUT2D eigenvalue weighted by Gasteiger charge is -2.09. The van der Waals surface area contributed by atoms with Crippen molar-refractivity contribution in [1.82, 2.24) is 5.32 Å². The van der Waals surface area contributed by atoms with Crippen LogP contribution in [0.15, 0.2) is 0 Å². The minimum absolute atomic E-state index is 0.00713. The zero-order valence-electron chi connectivity index (χ0n) is 8.54. The molecule has 1 aliphatic rings. The monoisotopic (exact) mass is 215 g/mol. The average Bonchev–Trinajstić information content (AvgIpc) is 2.63. The Morgan fingerprint density at radius 1 is 1.43 bits per heavy atom. The van der Waals surface area contributed by atoms with Gasteiger partial charge in [0.25, 0.3) is 0 Å². The van der Waals surface area contributed by atoms with E-state index in [-0.39, 0.29) is 11.7 Å². The van der Waals surface area contributed by atoms with E-state index in [0.29, 0.717) is 18.1 Å². The largest absolute Gasteiger partial charge is 0.355 e. The smallest absolute Gasteiger partial charge is 0.220 e. The molecule has 80 valence electrons. The van der Waals surface area contributed by atoms with E-state index in [1.807, 2.05) is 11.8 Å². The molecule has 1 unspecified atom stereocenters. The van der Waals surface area contributed by atoms with Gasteiger partial charge in [-0.05, 0) is 25.5 Å². The van der Waals surface area contributed by atoms with Gasteiger partial charge in [-0.2, -0.15) is 11.8 Å². The highest BCUT2D eigenvalue weighted by atomic mass is 32.2. The second kappa shape index (κ2) is 6.06. The molecular weight excluding hydrogens is 198 g/mol. The fourth-order valence-electron chi connectivity index (χ4n) is 1.41. The molecule has 14 heavy (non-hydrogen) atoms. The molecule has 1 heterocycles. The van der Waals surface area contributed by atoms with Gasteiger partial charge in [0, 0.05) is 24.6 Å². The molecule has 0 radical (unpaired) electrons. The molecule has 0 aliphatic carbocycles. The Kier molecular flexibility index (Phi) is 5.01. The van der Waals surface area contributed by atoms with Crippen LogP contribution in [0.5, 0.6) is 0 Å². The van der Waals surface area contributed by atoms with Gasteiger partial charge >= 0.3 is 0 Å². The summed E-state index contributed by atoms with van der Waals surface area (Å²) >= 11 is 1.93. The van der Waals surface area contributed by atoms with Crippen molar-refractivity contribution in [2.75, 3.05) is 12.3 Å². The SMILES string of the molecule is CC(=O)CCC(=O)NCC1CCCS1. The van der Waals surface area contributed by atoms with Crippen molar-refractivity contribution in [3.63, 3.8) is 0 Å². The van der Waals surface area contributed by atoms with Gasteiger partial charge in [0.05, 0.1) is 0 Å². The van der Waals surface area contributed by atoms with Crippen molar-refractivity contribution in [3.05, 3.63) is 0 Å². The average molecular weight is 215 g/mol. The molecule has 0 aromatic heterocycles. The first-order valence-corrected chi connectivity index (χ1v) is 6.11. The number of ketones is 1. The molecule has 1 rings (SSSR count). The highest BCUT2D eigenvalue weighted by molar-refractivity contribution is 8.00. The van der Waals surface area contributed by atoms with Gasteiger partial charge in [-0.1, -0.05) is 0 Å². The third kappa shape index (κ3) is 4.65. The fourth-order valence-corrected chi connectivity index (χ4v) is 2.61. The lowest BCUT2D eigenvalue weighted by Crippen LogP contribution is -2.29. The van der Waals surface area contributed by atoms with E-state index < -0.39 is 0 Å². The highest BCUT2D eigenvalue weighted by Gasteiger charge is 2.15. The van der Waals surface area contributed by atoms with Crippen molar-refractivity contribution in [2.24, 2.45) is 0 Å². The molecule has 1 fully saturated rings. The molecular formula is C10H17NO2S. The maximum absolute atomic E-state index is 11.2.